The highest BCUT2D eigenvalue weighted by atomic mass is 32.1. The second-order valence-electron chi connectivity index (χ2n) is 6.64. The van der Waals surface area contributed by atoms with Crippen molar-refractivity contribution in [2.75, 3.05) is 13.7 Å². The zero-order valence-corrected chi connectivity index (χ0v) is 17.7. The molecule has 152 valence electrons. The number of ether oxygens (including phenoxy) is 1. The van der Waals surface area contributed by atoms with Gasteiger partial charge in [-0.2, -0.15) is 0 Å². The van der Waals surface area contributed by atoms with Crippen LogP contribution in [0.15, 0.2) is 53.0 Å². The molecule has 0 aliphatic heterocycles. The van der Waals surface area contributed by atoms with Gasteiger partial charge in [-0.3, -0.25) is 4.79 Å². The Balaban J connectivity index is 1.64. The second-order valence-corrected chi connectivity index (χ2v) is 7.67. The van der Waals surface area contributed by atoms with Crippen LogP contribution in [0.2, 0.25) is 0 Å². The van der Waals surface area contributed by atoms with Crippen LogP contribution >= 0.6 is 11.3 Å². The van der Waals surface area contributed by atoms with Gasteiger partial charge in [-0.15, -0.1) is 11.3 Å². The highest BCUT2D eigenvalue weighted by Gasteiger charge is 2.16. The van der Waals surface area contributed by atoms with Gasteiger partial charge in [0.15, 0.2) is 12.4 Å². The highest BCUT2D eigenvalue weighted by Crippen LogP contribution is 2.19. The van der Waals surface area contributed by atoms with Crippen LogP contribution in [0.1, 0.15) is 32.2 Å². The molecule has 3 rings (SSSR count). The number of ketones is 1. The van der Waals surface area contributed by atoms with Crippen molar-refractivity contribution in [2.24, 2.45) is 10.9 Å². The molecule has 0 amide bonds. The standard InChI is InChI=1S/C22H25N3O3S/c1-15-13-19(16(2)25(15)11-10-17-7-6-12-29-17)20(26)14-28-24-22(23)18-8-4-5-9-21(18)27-3/h4-9,12-13H,10-11,14H2,1-3H3,(H2,23,24). The van der Waals surface area contributed by atoms with E-state index in [-0.39, 0.29) is 18.2 Å². The van der Waals surface area contributed by atoms with E-state index in [1.165, 1.54) is 4.88 Å². The third-order valence-corrected chi connectivity index (χ3v) is 5.71. The number of aromatic nitrogens is 1. The first-order valence-corrected chi connectivity index (χ1v) is 10.2. The van der Waals surface area contributed by atoms with Crippen LogP contribution in [0, 0.1) is 13.8 Å². The molecule has 0 spiro atoms. The summed E-state index contributed by atoms with van der Waals surface area (Å²) >= 11 is 1.75. The third kappa shape index (κ3) is 4.86. The lowest BCUT2D eigenvalue weighted by Crippen LogP contribution is -2.16. The fraction of sp³-hybridized carbons (Fsp3) is 0.273. The number of amidine groups is 1. The molecule has 0 fully saturated rings. The van der Waals surface area contributed by atoms with Gasteiger partial charge in [-0.1, -0.05) is 23.4 Å². The number of aryl methyl sites for hydroxylation is 2. The van der Waals surface area contributed by atoms with Crippen molar-refractivity contribution in [1.29, 1.82) is 0 Å². The normalized spacial score (nSPS) is 11.5. The maximum Gasteiger partial charge on any atom is 0.204 e. The fourth-order valence-electron chi connectivity index (χ4n) is 3.25. The average Bonchev–Trinajstić information content (AvgIpc) is 3.34. The van der Waals surface area contributed by atoms with Crippen molar-refractivity contribution in [3.8, 4) is 5.75 Å². The molecule has 0 aliphatic carbocycles. The van der Waals surface area contributed by atoms with E-state index in [4.69, 9.17) is 15.3 Å². The number of nitrogens with zero attached hydrogens (tertiary/aromatic N) is 2. The Kier molecular flexibility index (Phi) is 6.72. The molecule has 0 unspecified atom stereocenters. The van der Waals surface area contributed by atoms with E-state index in [2.05, 4.69) is 27.2 Å². The highest BCUT2D eigenvalue weighted by molar-refractivity contribution is 7.09. The smallest absolute Gasteiger partial charge is 0.204 e. The summed E-state index contributed by atoms with van der Waals surface area (Å²) in [7, 11) is 1.56. The van der Waals surface area contributed by atoms with E-state index in [1.54, 1.807) is 30.6 Å². The van der Waals surface area contributed by atoms with E-state index < -0.39 is 0 Å². The molecule has 29 heavy (non-hydrogen) atoms. The van der Waals surface area contributed by atoms with E-state index >= 15 is 0 Å². The summed E-state index contributed by atoms with van der Waals surface area (Å²) in [5.74, 6) is 0.631. The molecular formula is C22H25N3O3S. The number of carbonyl (C=O) groups is 1. The summed E-state index contributed by atoms with van der Waals surface area (Å²) < 4.78 is 7.43. The van der Waals surface area contributed by atoms with Crippen molar-refractivity contribution in [2.45, 2.75) is 26.8 Å². The number of oxime groups is 1. The van der Waals surface area contributed by atoms with Gasteiger partial charge in [0.2, 0.25) is 5.78 Å². The molecule has 0 bridgehead atoms. The van der Waals surface area contributed by atoms with Gasteiger partial charge in [0.1, 0.15) is 5.75 Å². The van der Waals surface area contributed by atoms with Crippen LogP contribution in [-0.4, -0.2) is 29.9 Å². The van der Waals surface area contributed by atoms with Crippen molar-refractivity contribution >= 4 is 23.0 Å². The van der Waals surface area contributed by atoms with Crippen molar-refractivity contribution in [3.05, 3.63) is 75.2 Å². The van der Waals surface area contributed by atoms with E-state index in [0.29, 0.717) is 16.9 Å². The second kappa shape index (κ2) is 9.43. The number of Topliss-reactive ketones (excluding diaryl/α,β-unsaturated/α-hetero) is 1. The lowest BCUT2D eigenvalue weighted by molar-refractivity contribution is 0.0775. The fourth-order valence-corrected chi connectivity index (χ4v) is 3.95. The van der Waals surface area contributed by atoms with Crippen molar-refractivity contribution in [1.82, 2.24) is 4.57 Å². The lowest BCUT2D eigenvalue weighted by atomic mass is 10.1. The Morgan fingerprint density at radius 1 is 1.17 bits per heavy atom. The summed E-state index contributed by atoms with van der Waals surface area (Å²) in [6.07, 6.45) is 0.942. The number of hydrogen-bond donors (Lipinski definition) is 1. The minimum atomic E-state index is -0.176. The number of hydrogen-bond acceptors (Lipinski definition) is 5. The minimum Gasteiger partial charge on any atom is -0.496 e. The van der Waals surface area contributed by atoms with Crippen LogP contribution in [0.3, 0.4) is 0 Å². The van der Waals surface area contributed by atoms with Gasteiger partial charge in [0.25, 0.3) is 0 Å². The van der Waals surface area contributed by atoms with Gasteiger partial charge in [-0.25, -0.2) is 0 Å². The molecule has 0 radical (unpaired) electrons. The number of para-hydroxylation sites is 1. The molecule has 3 aromatic rings. The summed E-state index contributed by atoms with van der Waals surface area (Å²) in [5, 5.41) is 5.96. The molecule has 2 aromatic heterocycles. The summed E-state index contributed by atoms with van der Waals surface area (Å²) in [5.41, 5.74) is 9.24. The van der Waals surface area contributed by atoms with Crippen molar-refractivity contribution < 1.29 is 14.4 Å². The first kappa shape index (κ1) is 20.7. The van der Waals surface area contributed by atoms with E-state index in [9.17, 15) is 4.79 Å². The number of thiophene rings is 1. The van der Waals surface area contributed by atoms with Crippen LogP contribution in [0.5, 0.6) is 5.75 Å². The molecule has 2 N–H and O–H groups in total. The molecule has 1 aromatic carbocycles. The number of methoxy groups -OCH3 is 1. The Labute approximate surface area is 174 Å². The predicted octanol–water partition coefficient (Wildman–Crippen LogP) is 3.94. The van der Waals surface area contributed by atoms with Gasteiger partial charge in [0, 0.05) is 28.4 Å². The monoisotopic (exact) mass is 411 g/mol. The average molecular weight is 412 g/mol. The van der Waals surface area contributed by atoms with Gasteiger partial charge >= 0.3 is 0 Å². The SMILES string of the molecule is COc1ccccc1/C(N)=N/OCC(=O)c1cc(C)n(CCc2cccs2)c1C. The zero-order chi connectivity index (χ0) is 20.8. The molecule has 0 aliphatic rings. The summed E-state index contributed by atoms with van der Waals surface area (Å²) in [4.78, 5) is 19.2. The van der Waals surface area contributed by atoms with Crippen LogP contribution in [-0.2, 0) is 17.8 Å². The Morgan fingerprint density at radius 2 is 1.97 bits per heavy atom. The predicted molar refractivity (Wildman–Crippen MR) is 116 cm³/mol. The molecule has 0 atom stereocenters. The molecule has 6 nitrogen and oxygen atoms in total. The Hall–Kier alpha value is -3.06. The first-order chi connectivity index (χ1) is 14.0. The summed E-state index contributed by atoms with van der Waals surface area (Å²) in [6.45, 7) is 4.63. The zero-order valence-electron chi connectivity index (χ0n) is 16.8. The molecule has 7 heteroatoms. The van der Waals surface area contributed by atoms with Crippen LogP contribution < -0.4 is 10.5 Å². The summed E-state index contributed by atoms with van der Waals surface area (Å²) in [6, 6.07) is 13.3. The minimum absolute atomic E-state index is 0.128. The van der Waals surface area contributed by atoms with Gasteiger partial charge < -0.3 is 19.9 Å². The number of rotatable bonds is 9. The van der Waals surface area contributed by atoms with Crippen LogP contribution in [0.25, 0.3) is 0 Å². The molecular weight excluding hydrogens is 386 g/mol. The first-order valence-electron chi connectivity index (χ1n) is 9.32. The molecule has 0 saturated carbocycles. The van der Waals surface area contributed by atoms with Crippen molar-refractivity contribution in [3.63, 3.8) is 0 Å². The van der Waals surface area contributed by atoms with E-state index in [1.807, 2.05) is 32.0 Å². The van der Waals surface area contributed by atoms with Crippen LogP contribution in [0.4, 0.5) is 0 Å². The number of nitrogens with two attached hydrogens (primary N) is 1. The molecule has 2 heterocycles. The molecule has 0 saturated heterocycles. The maximum absolute atomic E-state index is 12.6. The lowest BCUT2D eigenvalue weighted by Gasteiger charge is -2.09. The largest absolute Gasteiger partial charge is 0.496 e. The quantitative estimate of drug-likeness (QED) is 0.250. The topological polar surface area (TPSA) is 78.8 Å². The third-order valence-electron chi connectivity index (χ3n) is 4.78. The maximum atomic E-state index is 12.6. The number of benzene rings is 1. The number of carbonyl (C=O) groups excluding carboxylic acids is 1. The van der Waals surface area contributed by atoms with E-state index in [0.717, 1.165) is 24.4 Å². The Morgan fingerprint density at radius 3 is 2.69 bits per heavy atom. The van der Waals surface area contributed by atoms with Gasteiger partial charge in [0.05, 0.1) is 12.7 Å². The Bertz CT molecular complexity index is 1010. The van der Waals surface area contributed by atoms with Gasteiger partial charge in [-0.05, 0) is 49.9 Å².